The topological polar surface area (TPSA) is 93.0 Å². The molecule has 0 saturated heterocycles. The Bertz CT molecular complexity index is 772. The molecule has 0 aliphatic carbocycles. The fourth-order valence-corrected chi connectivity index (χ4v) is 2.52. The van der Waals surface area contributed by atoms with Crippen molar-refractivity contribution in [2.24, 2.45) is 10.1 Å². The van der Waals surface area contributed by atoms with Gasteiger partial charge in [-0.2, -0.15) is 5.10 Å². The molecule has 0 saturated carbocycles. The smallest absolute Gasteiger partial charge is 0.225 e. The fraction of sp³-hybridized carbons (Fsp3) is 0.200. The summed E-state index contributed by atoms with van der Waals surface area (Å²) in [6.45, 7) is 0. The number of benzene rings is 1. The Morgan fingerprint density at radius 2 is 2.17 bits per heavy atom. The van der Waals surface area contributed by atoms with E-state index in [-0.39, 0.29) is 6.17 Å². The van der Waals surface area contributed by atoms with E-state index in [1.165, 1.54) is 11.3 Å². The van der Waals surface area contributed by atoms with Gasteiger partial charge in [0.15, 0.2) is 17.7 Å². The zero-order valence-electron chi connectivity index (χ0n) is 13.1. The van der Waals surface area contributed by atoms with Crippen LogP contribution in [0.25, 0.3) is 0 Å². The first-order valence-corrected chi connectivity index (χ1v) is 7.97. The van der Waals surface area contributed by atoms with E-state index in [4.69, 9.17) is 9.47 Å². The first kappa shape index (κ1) is 15.9. The van der Waals surface area contributed by atoms with E-state index in [0.717, 1.165) is 5.69 Å². The Labute approximate surface area is 142 Å². The quantitative estimate of drug-likeness (QED) is 0.782. The lowest BCUT2D eigenvalue weighted by molar-refractivity contribution is 0.356. The monoisotopic (exact) mass is 344 g/mol. The molecule has 0 spiro atoms. The minimum Gasteiger partial charge on any atom is -0.493 e. The highest BCUT2D eigenvalue weighted by Crippen LogP contribution is 2.35. The molecule has 1 aromatic heterocycles. The molecular formula is C15H16N6O2S. The van der Waals surface area contributed by atoms with Gasteiger partial charge >= 0.3 is 0 Å². The summed E-state index contributed by atoms with van der Waals surface area (Å²) in [4.78, 5) is 4.41. The van der Waals surface area contributed by atoms with Crippen molar-refractivity contribution >= 4 is 34.1 Å². The van der Waals surface area contributed by atoms with Crippen LogP contribution in [0.3, 0.4) is 0 Å². The van der Waals surface area contributed by atoms with E-state index >= 15 is 0 Å². The third-order valence-corrected chi connectivity index (χ3v) is 3.80. The van der Waals surface area contributed by atoms with Gasteiger partial charge in [0.2, 0.25) is 5.13 Å². The summed E-state index contributed by atoms with van der Waals surface area (Å²) < 4.78 is 10.7. The molecule has 0 amide bonds. The van der Waals surface area contributed by atoms with Gasteiger partial charge in [-0.25, -0.2) is 0 Å². The number of methoxy groups -OCH3 is 2. The summed E-state index contributed by atoms with van der Waals surface area (Å²) in [5.74, 6) is 1.25. The lowest BCUT2D eigenvalue weighted by atomic mass is 10.2. The van der Waals surface area contributed by atoms with Gasteiger partial charge in [0.1, 0.15) is 11.2 Å². The number of dihydropyridines is 1. The lowest BCUT2D eigenvalue weighted by Crippen LogP contribution is -2.29. The predicted octanol–water partition coefficient (Wildman–Crippen LogP) is 2.40. The van der Waals surface area contributed by atoms with Gasteiger partial charge in [-0.3, -0.25) is 10.4 Å². The van der Waals surface area contributed by atoms with E-state index in [9.17, 15) is 0 Å². The Kier molecular flexibility index (Phi) is 5.02. The number of anilines is 2. The van der Waals surface area contributed by atoms with Crippen LogP contribution in [0.15, 0.2) is 46.0 Å². The van der Waals surface area contributed by atoms with E-state index in [2.05, 4.69) is 31.0 Å². The first-order chi connectivity index (χ1) is 11.8. The Balaban J connectivity index is 1.81. The molecule has 24 heavy (non-hydrogen) atoms. The van der Waals surface area contributed by atoms with Crippen molar-refractivity contribution in [3.8, 4) is 11.5 Å². The zero-order chi connectivity index (χ0) is 16.8. The number of rotatable bonds is 6. The molecule has 0 radical (unpaired) electrons. The van der Waals surface area contributed by atoms with Gasteiger partial charge < -0.3 is 14.8 Å². The molecular weight excluding hydrogens is 328 g/mol. The molecule has 1 aromatic carbocycles. The third kappa shape index (κ3) is 3.51. The SMILES string of the molecule is COc1cccc(NC2N=CC=CC2=NNc2nncs2)c1OC. The summed E-state index contributed by atoms with van der Waals surface area (Å²) in [7, 11) is 3.20. The maximum absolute atomic E-state index is 5.43. The van der Waals surface area contributed by atoms with Crippen LogP contribution in [0.2, 0.25) is 0 Å². The number of aliphatic imine (C=N–C) groups is 1. The number of nitrogens with one attached hydrogen (secondary N) is 2. The number of ether oxygens (including phenoxy) is 2. The van der Waals surface area contributed by atoms with Gasteiger partial charge in [-0.15, -0.1) is 10.2 Å². The number of hydrazone groups is 1. The summed E-state index contributed by atoms with van der Waals surface area (Å²) in [6.07, 6.45) is 5.04. The second-order valence-electron chi connectivity index (χ2n) is 4.64. The maximum atomic E-state index is 5.43. The number of aromatic nitrogens is 2. The van der Waals surface area contributed by atoms with E-state index in [0.29, 0.717) is 22.3 Å². The molecule has 8 nitrogen and oxygen atoms in total. The molecule has 2 heterocycles. The minimum absolute atomic E-state index is 0.364. The molecule has 0 fully saturated rings. The van der Waals surface area contributed by atoms with Crippen LogP contribution in [0.1, 0.15) is 0 Å². The molecule has 2 aromatic rings. The van der Waals surface area contributed by atoms with Crippen molar-refractivity contribution in [3.63, 3.8) is 0 Å². The van der Waals surface area contributed by atoms with Crippen LogP contribution < -0.4 is 20.2 Å². The Morgan fingerprint density at radius 1 is 1.25 bits per heavy atom. The van der Waals surface area contributed by atoms with E-state index < -0.39 is 0 Å². The molecule has 9 heteroatoms. The summed E-state index contributed by atoms with van der Waals surface area (Å²) >= 11 is 1.37. The number of allylic oxidation sites excluding steroid dienone is 1. The molecule has 124 valence electrons. The number of nitrogens with zero attached hydrogens (tertiary/aromatic N) is 4. The van der Waals surface area contributed by atoms with Gasteiger partial charge in [-0.1, -0.05) is 17.4 Å². The van der Waals surface area contributed by atoms with Crippen molar-refractivity contribution in [1.29, 1.82) is 0 Å². The maximum Gasteiger partial charge on any atom is 0.225 e. The van der Waals surface area contributed by atoms with Gasteiger partial charge in [0.25, 0.3) is 0 Å². The van der Waals surface area contributed by atoms with Crippen LogP contribution in [-0.2, 0) is 0 Å². The van der Waals surface area contributed by atoms with Crippen molar-refractivity contribution in [2.45, 2.75) is 6.17 Å². The second-order valence-corrected chi connectivity index (χ2v) is 5.47. The van der Waals surface area contributed by atoms with Crippen LogP contribution in [-0.4, -0.2) is 42.5 Å². The standard InChI is InChI=1S/C15H16N6O2S/c1-22-12-7-3-5-10(13(12)23-2)18-14-11(6-4-8-16-14)19-21-15-20-17-9-24-15/h3-9,14,18H,1-2H3,(H,20,21). The molecule has 1 atom stereocenters. The first-order valence-electron chi connectivity index (χ1n) is 7.09. The minimum atomic E-state index is -0.364. The van der Waals surface area contributed by atoms with Crippen LogP contribution >= 0.6 is 11.3 Å². The molecule has 1 unspecified atom stereocenters. The Morgan fingerprint density at radius 3 is 2.92 bits per heavy atom. The molecule has 1 aliphatic heterocycles. The van der Waals surface area contributed by atoms with Crippen molar-refractivity contribution in [1.82, 2.24) is 10.2 Å². The van der Waals surface area contributed by atoms with Crippen molar-refractivity contribution < 1.29 is 9.47 Å². The van der Waals surface area contributed by atoms with Crippen LogP contribution in [0.4, 0.5) is 10.8 Å². The van der Waals surface area contributed by atoms with Gasteiger partial charge in [-0.05, 0) is 24.3 Å². The van der Waals surface area contributed by atoms with Crippen LogP contribution in [0, 0.1) is 0 Å². The molecule has 2 N–H and O–H groups in total. The van der Waals surface area contributed by atoms with Gasteiger partial charge in [0.05, 0.1) is 19.9 Å². The van der Waals surface area contributed by atoms with Crippen molar-refractivity contribution in [3.05, 3.63) is 35.9 Å². The van der Waals surface area contributed by atoms with Crippen molar-refractivity contribution in [2.75, 3.05) is 25.0 Å². The fourth-order valence-electron chi connectivity index (χ4n) is 2.14. The predicted molar refractivity (Wildman–Crippen MR) is 95.6 cm³/mol. The van der Waals surface area contributed by atoms with E-state index in [1.54, 1.807) is 25.9 Å². The average molecular weight is 344 g/mol. The van der Waals surface area contributed by atoms with Crippen LogP contribution in [0.5, 0.6) is 11.5 Å². The summed E-state index contributed by atoms with van der Waals surface area (Å²) in [5.41, 5.74) is 5.97. The molecule has 0 bridgehead atoms. The highest BCUT2D eigenvalue weighted by molar-refractivity contribution is 7.13. The number of hydrogen-bond acceptors (Lipinski definition) is 9. The largest absolute Gasteiger partial charge is 0.493 e. The third-order valence-electron chi connectivity index (χ3n) is 3.20. The number of para-hydroxylation sites is 1. The average Bonchev–Trinajstić information content (AvgIpc) is 3.14. The Hall–Kier alpha value is -2.94. The molecule has 1 aliphatic rings. The van der Waals surface area contributed by atoms with Gasteiger partial charge in [0, 0.05) is 6.21 Å². The number of hydrogen-bond donors (Lipinski definition) is 2. The normalized spacial score (nSPS) is 17.8. The highest BCUT2D eigenvalue weighted by Gasteiger charge is 2.18. The lowest BCUT2D eigenvalue weighted by Gasteiger charge is -2.20. The zero-order valence-corrected chi connectivity index (χ0v) is 13.9. The summed E-state index contributed by atoms with van der Waals surface area (Å²) in [6, 6.07) is 5.60. The molecule has 3 rings (SSSR count). The highest BCUT2D eigenvalue weighted by atomic mass is 32.1. The van der Waals surface area contributed by atoms with E-state index in [1.807, 2.05) is 30.4 Å². The summed E-state index contributed by atoms with van der Waals surface area (Å²) in [5, 5.41) is 15.9. The second kappa shape index (κ2) is 7.55.